The second-order valence-electron chi connectivity index (χ2n) is 8.64. The van der Waals surface area contributed by atoms with Gasteiger partial charge in [0, 0.05) is 10.3 Å². The van der Waals surface area contributed by atoms with E-state index in [0.717, 1.165) is 24.8 Å². The van der Waals surface area contributed by atoms with E-state index in [0.29, 0.717) is 34.5 Å². The third-order valence-corrected chi connectivity index (χ3v) is 6.25. The molecule has 1 aliphatic rings. The van der Waals surface area contributed by atoms with Crippen molar-refractivity contribution >= 4 is 33.8 Å². The summed E-state index contributed by atoms with van der Waals surface area (Å²) in [6.07, 6.45) is 2.85. The third-order valence-electron chi connectivity index (χ3n) is 5.08. The Balaban J connectivity index is 1.96. The first-order chi connectivity index (χ1) is 13.7. The van der Waals surface area contributed by atoms with Gasteiger partial charge in [-0.15, -0.1) is 11.3 Å². The molecule has 1 atom stereocenters. The molecule has 2 amide bonds. The molecule has 0 unspecified atom stereocenters. The van der Waals surface area contributed by atoms with Gasteiger partial charge < -0.3 is 15.4 Å². The van der Waals surface area contributed by atoms with Gasteiger partial charge in [0.25, 0.3) is 5.91 Å². The molecule has 2 aromatic rings. The van der Waals surface area contributed by atoms with Crippen molar-refractivity contribution < 1.29 is 14.3 Å². The van der Waals surface area contributed by atoms with Crippen LogP contribution in [0.2, 0.25) is 0 Å². The Hall–Kier alpha value is -2.34. The molecule has 0 spiro atoms. The van der Waals surface area contributed by atoms with Crippen LogP contribution in [-0.2, 0) is 17.6 Å². The zero-order valence-electron chi connectivity index (χ0n) is 17.8. The Kier molecular flexibility index (Phi) is 6.32. The molecule has 6 heteroatoms. The maximum atomic E-state index is 13.3. The number of amides is 2. The molecule has 0 aliphatic heterocycles. The van der Waals surface area contributed by atoms with Crippen molar-refractivity contribution in [3.63, 3.8) is 0 Å². The first kappa shape index (κ1) is 21.4. The van der Waals surface area contributed by atoms with Gasteiger partial charge in [0.2, 0.25) is 5.91 Å². The van der Waals surface area contributed by atoms with Crippen molar-refractivity contribution in [2.24, 2.45) is 11.3 Å². The molecule has 1 aromatic carbocycles. The molecule has 1 aromatic heterocycles. The van der Waals surface area contributed by atoms with Crippen LogP contribution in [0.25, 0.3) is 0 Å². The lowest BCUT2D eigenvalue weighted by Gasteiger charge is -2.19. The fraction of sp³-hybridized carbons (Fsp3) is 0.478. The van der Waals surface area contributed by atoms with Crippen LogP contribution in [0, 0.1) is 11.3 Å². The summed E-state index contributed by atoms with van der Waals surface area (Å²) in [5.41, 5.74) is 1.77. The molecule has 1 aliphatic carbocycles. The summed E-state index contributed by atoms with van der Waals surface area (Å²) in [4.78, 5) is 27.2. The molecule has 5 nitrogen and oxygen atoms in total. The number of para-hydroxylation sites is 2. The lowest BCUT2D eigenvalue weighted by molar-refractivity contribution is -0.123. The van der Waals surface area contributed by atoms with Crippen LogP contribution in [-0.4, -0.2) is 18.4 Å². The van der Waals surface area contributed by atoms with Crippen LogP contribution in [0.3, 0.4) is 0 Å². The minimum Gasteiger partial charge on any atom is -0.492 e. The highest BCUT2D eigenvalue weighted by molar-refractivity contribution is 7.17. The van der Waals surface area contributed by atoms with E-state index in [-0.39, 0.29) is 11.8 Å². The van der Waals surface area contributed by atoms with Crippen molar-refractivity contribution in [1.29, 1.82) is 0 Å². The van der Waals surface area contributed by atoms with E-state index in [1.165, 1.54) is 16.2 Å². The maximum Gasteiger partial charge on any atom is 0.259 e. The summed E-state index contributed by atoms with van der Waals surface area (Å²) in [5.74, 6) is 0.935. The van der Waals surface area contributed by atoms with Gasteiger partial charge in [-0.25, -0.2) is 0 Å². The molecule has 29 heavy (non-hydrogen) atoms. The van der Waals surface area contributed by atoms with Gasteiger partial charge in [-0.1, -0.05) is 39.8 Å². The van der Waals surface area contributed by atoms with E-state index in [2.05, 4.69) is 17.6 Å². The normalized spacial score (nSPS) is 16.1. The molecule has 3 rings (SSSR count). The van der Waals surface area contributed by atoms with Gasteiger partial charge in [0.1, 0.15) is 10.8 Å². The molecule has 0 fully saturated rings. The minimum absolute atomic E-state index is 0.0899. The van der Waals surface area contributed by atoms with Gasteiger partial charge in [-0.05, 0) is 49.8 Å². The maximum absolute atomic E-state index is 13.3. The summed E-state index contributed by atoms with van der Waals surface area (Å²) in [5, 5.41) is 6.67. The Morgan fingerprint density at radius 2 is 1.93 bits per heavy atom. The van der Waals surface area contributed by atoms with E-state index in [1.54, 1.807) is 0 Å². The van der Waals surface area contributed by atoms with E-state index >= 15 is 0 Å². The molecule has 2 N–H and O–H groups in total. The predicted octanol–water partition coefficient (Wildman–Crippen LogP) is 5.51. The van der Waals surface area contributed by atoms with Gasteiger partial charge in [-0.2, -0.15) is 0 Å². The highest BCUT2D eigenvalue weighted by Crippen LogP contribution is 2.41. The van der Waals surface area contributed by atoms with Crippen molar-refractivity contribution in [3.05, 3.63) is 40.3 Å². The topological polar surface area (TPSA) is 67.4 Å². The van der Waals surface area contributed by atoms with Gasteiger partial charge in [-0.3, -0.25) is 9.59 Å². The fourth-order valence-electron chi connectivity index (χ4n) is 3.41. The SMILES string of the molecule is CCOc1ccccc1NC(=O)c1c(NC(=O)C(C)(C)C)sc2c1CC[C@@H](C)C2. The van der Waals surface area contributed by atoms with E-state index in [9.17, 15) is 9.59 Å². The second-order valence-corrected chi connectivity index (χ2v) is 9.75. The average Bonchev–Trinajstić information content (AvgIpc) is 2.99. The average molecular weight is 415 g/mol. The van der Waals surface area contributed by atoms with Crippen LogP contribution in [0.1, 0.15) is 61.8 Å². The van der Waals surface area contributed by atoms with E-state index in [4.69, 9.17) is 4.74 Å². The standard InChI is InChI=1S/C23H30N2O3S/c1-6-28-17-10-8-7-9-16(17)24-20(26)19-15-12-11-14(2)13-18(15)29-21(19)25-22(27)23(3,4)5/h7-10,14H,6,11-13H2,1-5H3,(H,24,26)(H,25,27)/t14-/m1/s1. The predicted molar refractivity (Wildman–Crippen MR) is 119 cm³/mol. The summed E-state index contributed by atoms with van der Waals surface area (Å²) >= 11 is 1.54. The second kappa shape index (κ2) is 8.57. The van der Waals surface area contributed by atoms with Gasteiger partial charge in [0.05, 0.1) is 17.9 Å². The molecule has 0 radical (unpaired) electrons. The Bertz CT molecular complexity index is 911. The molecule has 0 bridgehead atoms. The highest BCUT2D eigenvalue weighted by Gasteiger charge is 2.30. The van der Waals surface area contributed by atoms with Crippen LogP contribution < -0.4 is 15.4 Å². The van der Waals surface area contributed by atoms with Crippen LogP contribution in [0.4, 0.5) is 10.7 Å². The molecular formula is C23H30N2O3S. The summed E-state index contributed by atoms with van der Waals surface area (Å²) in [6, 6.07) is 7.41. The van der Waals surface area contributed by atoms with Crippen molar-refractivity contribution in [2.75, 3.05) is 17.2 Å². The quantitative estimate of drug-likeness (QED) is 0.678. The number of thiophene rings is 1. The fourth-order valence-corrected chi connectivity index (χ4v) is 4.81. The van der Waals surface area contributed by atoms with Crippen LogP contribution in [0.15, 0.2) is 24.3 Å². The monoisotopic (exact) mass is 414 g/mol. The summed E-state index contributed by atoms with van der Waals surface area (Å²) in [6.45, 7) is 10.3. The Morgan fingerprint density at radius 1 is 1.21 bits per heavy atom. The molecular weight excluding hydrogens is 384 g/mol. The van der Waals surface area contributed by atoms with Gasteiger partial charge in [0.15, 0.2) is 0 Å². The Labute approximate surface area is 176 Å². The molecule has 1 heterocycles. The molecule has 0 saturated heterocycles. The lowest BCUT2D eigenvalue weighted by Crippen LogP contribution is -2.28. The first-order valence-corrected chi connectivity index (χ1v) is 11.0. The molecule has 0 saturated carbocycles. The number of nitrogens with one attached hydrogen (secondary N) is 2. The van der Waals surface area contributed by atoms with Crippen molar-refractivity contribution in [3.8, 4) is 5.75 Å². The van der Waals surface area contributed by atoms with E-state index in [1.807, 2.05) is 52.0 Å². The number of hydrogen-bond donors (Lipinski definition) is 2. The van der Waals surface area contributed by atoms with Crippen molar-refractivity contribution in [1.82, 2.24) is 0 Å². The third kappa shape index (κ3) is 4.81. The number of hydrogen-bond acceptors (Lipinski definition) is 4. The number of ether oxygens (including phenoxy) is 1. The number of rotatable bonds is 5. The lowest BCUT2D eigenvalue weighted by atomic mass is 9.88. The highest BCUT2D eigenvalue weighted by atomic mass is 32.1. The van der Waals surface area contributed by atoms with Crippen molar-refractivity contribution in [2.45, 2.75) is 53.9 Å². The number of carbonyl (C=O) groups is 2. The van der Waals surface area contributed by atoms with Crippen LogP contribution in [0.5, 0.6) is 5.75 Å². The largest absolute Gasteiger partial charge is 0.492 e. The van der Waals surface area contributed by atoms with Gasteiger partial charge >= 0.3 is 0 Å². The minimum atomic E-state index is -0.535. The zero-order valence-corrected chi connectivity index (χ0v) is 18.7. The zero-order chi connectivity index (χ0) is 21.2. The first-order valence-electron chi connectivity index (χ1n) is 10.2. The molecule has 156 valence electrons. The number of carbonyl (C=O) groups excluding carboxylic acids is 2. The number of anilines is 2. The number of benzene rings is 1. The van der Waals surface area contributed by atoms with Crippen LogP contribution >= 0.6 is 11.3 Å². The smallest absolute Gasteiger partial charge is 0.259 e. The summed E-state index contributed by atoms with van der Waals surface area (Å²) in [7, 11) is 0. The van der Waals surface area contributed by atoms with E-state index < -0.39 is 5.41 Å². The Morgan fingerprint density at radius 3 is 2.62 bits per heavy atom. The number of fused-ring (bicyclic) bond motifs is 1. The summed E-state index contributed by atoms with van der Waals surface area (Å²) < 4.78 is 5.64.